The number of carbonyl (C=O) groups excluding carboxylic acids is 1. The normalized spacial score (nSPS) is 12.4. The number of nitrogens with one attached hydrogen (secondary N) is 2. The molecular weight excluding hydrogens is 400 g/mol. The average molecular weight is 419 g/mol. The third-order valence-electron chi connectivity index (χ3n) is 4.06. The molecule has 1 aromatic heterocycles. The summed E-state index contributed by atoms with van der Waals surface area (Å²) < 4.78 is 32.9. The molecule has 1 atom stereocenters. The number of aryl methyl sites for hydroxylation is 1. The predicted molar refractivity (Wildman–Crippen MR) is 108 cm³/mol. The fourth-order valence-electron chi connectivity index (χ4n) is 2.55. The maximum Gasteiger partial charge on any atom is 0.261 e. The number of halogens is 1. The zero-order valence-corrected chi connectivity index (χ0v) is 16.8. The molecule has 3 rings (SSSR count). The first kappa shape index (κ1) is 20.0. The Kier molecular flexibility index (Phi) is 5.76. The molecule has 1 heterocycles. The summed E-state index contributed by atoms with van der Waals surface area (Å²) in [5, 5.41) is 3.33. The number of hydrogen-bond donors (Lipinski definition) is 2. The van der Waals surface area contributed by atoms with E-state index < -0.39 is 10.0 Å². The number of rotatable bonds is 6. The maximum atomic E-state index is 12.5. The molecule has 6 nitrogen and oxygen atoms in total. The van der Waals surface area contributed by atoms with Crippen molar-refractivity contribution >= 4 is 33.2 Å². The summed E-state index contributed by atoms with van der Waals surface area (Å²) in [5.41, 5.74) is 0.745. The Balaban J connectivity index is 1.69. The van der Waals surface area contributed by atoms with Gasteiger partial charge >= 0.3 is 0 Å². The van der Waals surface area contributed by atoms with Gasteiger partial charge in [0, 0.05) is 16.3 Å². The lowest BCUT2D eigenvalue weighted by Gasteiger charge is -2.12. The SMILES string of the molecule is Cc1ccc(C(C)NC(=O)c2ccc(S(=O)(=O)Nc3ccc(Cl)cc3)cc2)o1. The Bertz CT molecular complexity index is 1070. The Labute approximate surface area is 168 Å². The number of hydrogen-bond acceptors (Lipinski definition) is 4. The molecule has 2 aromatic carbocycles. The maximum absolute atomic E-state index is 12.5. The van der Waals surface area contributed by atoms with Gasteiger partial charge in [-0.05, 0) is 74.5 Å². The fourth-order valence-corrected chi connectivity index (χ4v) is 3.74. The van der Waals surface area contributed by atoms with Gasteiger partial charge in [0.15, 0.2) is 0 Å². The van der Waals surface area contributed by atoms with Crippen molar-refractivity contribution in [2.45, 2.75) is 24.8 Å². The molecule has 0 saturated carbocycles. The summed E-state index contributed by atoms with van der Waals surface area (Å²) in [6.07, 6.45) is 0. The second-order valence-corrected chi connectivity index (χ2v) is 8.40. The van der Waals surface area contributed by atoms with Crippen molar-refractivity contribution < 1.29 is 17.6 Å². The quantitative estimate of drug-likeness (QED) is 0.615. The van der Waals surface area contributed by atoms with E-state index in [1.807, 2.05) is 19.9 Å². The topological polar surface area (TPSA) is 88.4 Å². The highest BCUT2D eigenvalue weighted by Gasteiger charge is 2.17. The number of amides is 1. The van der Waals surface area contributed by atoms with Crippen molar-refractivity contribution in [2.75, 3.05) is 4.72 Å². The Hall–Kier alpha value is -2.77. The largest absolute Gasteiger partial charge is 0.464 e. The van der Waals surface area contributed by atoms with Crippen LogP contribution in [-0.2, 0) is 10.0 Å². The molecule has 3 aromatic rings. The predicted octanol–water partition coefficient (Wildman–Crippen LogP) is 4.53. The number of sulfonamides is 1. The Morgan fingerprint density at radius 3 is 2.21 bits per heavy atom. The molecule has 1 amide bonds. The van der Waals surface area contributed by atoms with Crippen molar-refractivity contribution in [3.8, 4) is 0 Å². The van der Waals surface area contributed by atoms with Crippen LogP contribution in [0.25, 0.3) is 0 Å². The summed E-state index contributed by atoms with van der Waals surface area (Å²) in [7, 11) is -3.77. The van der Waals surface area contributed by atoms with Gasteiger partial charge in [0.05, 0.1) is 10.9 Å². The van der Waals surface area contributed by atoms with Crippen LogP contribution in [0, 0.1) is 6.92 Å². The molecule has 146 valence electrons. The summed E-state index contributed by atoms with van der Waals surface area (Å²) in [4.78, 5) is 12.4. The van der Waals surface area contributed by atoms with Crippen molar-refractivity contribution in [2.24, 2.45) is 0 Å². The molecule has 0 aliphatic rings. The van der Waals surface area contributed by atoms with E-state index in [2.05, 4.69) is 10.0 Å². The number of anilines is 1. The molecule has 28 heavy (non-hydrogen) atoms. The first-order valence-corrected chi connectivity index (χ1v) is 10.4. The van der Waals surface area contributed by atoms with Crippen LogP contribution in [0.15, 0.2) is 70.0 Å². The van der Waals surface area contributed by atoms with Gasteiger partial charge in [-0.2, -0.15) is 0 Å². The van der Waals surface area contributed by atoms with Crippen LogP contribution in [0.4, 0.5) is 5.69 Å². The summed E-state index contributed by atoms with van der Waals surface area (Å²) in [6, 6.07) is 15.3. The second kappa shape index (κ2) is 8.08. The second-order valence-electron chi connectivity index (χ2n) is 6.28. The molecule has 0 aliphatic heterocycles. The zero-order chi connectivity index (χ0) is 20.3. The zero-order valence-electron chi connectivity index (χ0n) is 15.3. The van der Waals surface area contributed by atoms with E-state index in [1.54, 1.807) is 30.3 Å². The minimum absolute atomic E-state index is 0.0497. The van der Waals surface area contributed by atoms with E-state index in [0.29, 0.717) is 22.0 Å². The molecule has 0 aliphatic carbocycles. The van der Waals surface area contributed by atoms with Crippen LogP contribution in [-0.4, -0.2) is 14.3 Å². The van der Waals surface area contributed by atoms with Crippen molar-refractivity contribution in [1.29, 1.82) is 0 Å². The van der Waals surface area contributed by atoms with Gasteiger partial charge in [-0.1, -0.05) is 11.6 Å². The van der Waals surface area contributed by atoms with Gasteiger partial charge in [-0.15, -0.1) is 0 Å². The lowest BCUT2D eigenvalue weighted by molar-refractivity contribution is 0.0935. The average Bonchev–Trinajstić information content (AvgIpc) is 3.10. The summed E-state index contributed by atoms with van der Waals surface area (Å²) >= 11 is 5.80. The van der Waals surface area contributed by atoms with Gasteiger partial charge in [-0.3, -0.25) is 9.52 Å². The lowest BCUT2D eigenvalue weighted by atomic mass is 10.2. The monoisotopic (exact) mass is 418 g/mol. The molecular formula is C20H19ClN2O4S. The number of carbonyl (C=O) groups is 1. The third kappa shape index (κ3) is 4.74. The first-order chi connectivity index (χ1) is 13.2. The number of benzene rings is 2. The Morgan fingerprint density at radius 2 is 1.64 bits per heavy atom. The van der Waals surface area contributed by atoms with Crippen LogP contribution >= 0.6 is 11.6 Å². The van der Waals surface area contributed by atoms with Gasteiger partial charge < -0.3 is 9.73 Å². The van der Waals surface area contributed by atoms with Crippen molar-refractivity contribution in [1.82, 2.24) is 5.32 Å². The van der Waals surface area contributed by atoms with E-state index >= 15 is 0 Å². The van der Waals surface area contributed by atoms with E-state index in [1.165, 1.54) is 24.3 Å². The molecule has 0 fully saturated rings. The number of furan rings is 1. The molecule has 0 radical (unpaired) electrons. The van der Waals surface area contributed by atoms with Gasteiger partial charge in [0.2, 0.25) is 0 Å². The highest BCUT2D eigenvalue weighted by atomic mass is 35.5. The molecule has 0 bridgehead atoms. The molecule has 0 saturated heterocycles. The van der Waals surface area contributed by atoms with E-state index in [9.17, 15) is 13.2 Å². The van der Waals surface area contributed by atoms with Crippen LogP contribution in [0.5, 0.6) is 0 Å². The summed E-state index contributed by atoms with van der Waals surface area (Å²) in [5.74, 6) is 1.09. The smallest absolute Gasteiger partial charge is 0.261 e. The van der Waals surface area contributed by atoms with Crippen LogP contribution in [0.1, 0.15) is 34.8 Å². The molecule has 0 spiro atoms. The lowest BCUT2D eigenvalue weighted by Crippen LogP contribution is -2.26. The Morgan fingerprint density at radius 1 is 1.00 bits per heavy atom. The van der Waals surface area contributed by atoms with Gasteiger partial charge in [0.1, 0.15) is 11.5 Å². The highest BCUT2D eigenvalue weighted by molar-refractivity contribution is 7.92. The van der Waals surface area contributed by atoms with Crippen molar-refractivity contribution in [3.05, 3.63) is 82.8 Å². The van der Waals surface area contributed by atoms with Crippen molar-refractivity contribution in [3.63, 3.8) is 0 Å². The van der Waals surface area contributed by atoms with Gasteiger partial charge in [-0.25, -0.2) is 8.42 Å². The summed E-state index contributed by atoms with van der Waals surface area (Å²) in [6.45, 7) is 3.64. The highest BCUT2D eigenvalue weighted by Crippen LogP contribution is 2.20. The molecule has 2 N–H and O–H groups in total. The van der Waals surface area contributed by atoms with E-state index in [-0.39, 0.29) is 16.8 Å². The third-order valence-corrected chi connectivity index (χ3v) is 5.71. The molecule has 1 unspecified atom stereocenters. The van der Waals surface area contributed by atoms with Crippen LogP contribution in [0.3, 0.4) is 0 Å². The van der Waals surface area contributed by atoms with Crippen LogP contribution in [0.2, 0.25) is 5.02 Å². The minimum atomic E-state index is -3.77. The van der Waals surface area contributed by atoms with Crippen LogP contribution < -0.4 is 10.0 Å². The van der Waals surface area contributed by atoms with E-state index in [0.717, 1.165) is 5.76 Å². The standard InChI is InChI=1S/C20H19ClN2O4S/c1-13-3-12-19(27-13)14(2)22-20(24)15-4-10-18(11-5-15)28(25,26)23-17-8-6-16(21)7-9-17/h3-12,14,23H,1-2H3,(H,22,24). The van der Waals surface area contributed by atoms with Gasteiger partial charge in [0.25, 0.3) is 15.9 Å². The van der Waals surface area contributed by atoms with E-state index in [4.69, 9.17) is 16.0 Å². The fraction of sp³-hybridized carbons (Fsp3) is 0.150. The minimum Gasteiger partial charge on any atom is -0.464 e. The first-order valence-electron chi connectivity index (χ1n) is 8.50. The molecule has 8 heteroatoms.